The quantitative estimate of drug-likeness (QED) is 0.706. The Balaban J connectivity index is 1.65. The topological polar surface area (TPSA) is 108 Å². The van der Waals surface area contributed by atoms with Crippen molar-refractivity contribution in [3.8, 4) is 6.07 Å². The molecule has 138 valence electrons. The summed E-state index contributed by atoms with van der Waals surface area (Å²) in [5, 5.41) is 15.0. The van der Waals surface area contributed by atoms with Gasteiger partial charge in [-0.25, -0.2) is 0 Å². The van der Waals surface area contributed by atoms with Crippen molar-refractivity contribution >= 4 is 29.4 Å². The van der Waals surface area contributed by atoms with Gasteiger partial charge in [0.2, 0.25) is 0 Å². The smallest absolute Gasteiger partial charge is 0.308 e. The van der Waals surface area contributed by atoms with Crippen molar-refractivity contribution in [3.05, 3.63) is 34.9 Å². The van der Waals surface area contributed by atoms with Crippen LogP contribution in [-0.2, 0) is 14.3 Å². The van der Waals surface area contributed by atoms with E-state index in [4.69, 9.17) is 16.3 Å². The van der Waals surface area contributed by atoms with E-state index in [1.165, 1.54) is 0 Å². The van der Waals surface area contributed by atoms with Crippen molar-refractivity contribution in [3.63, 3.8) is 0 Å². The van der Waals surface area contributed by atoms with Gasteiger partial charge in [0.05, 0.1) is 12.5 Å². The molecule has 8 heteroatoms. The highest BCUT2D eigenvalue weighted by Gasteiger charge is 2.35. The molecule has 0 atom stereocenters. The van der Waals surface area contributed by atoms with Crippen LogP contribution in [0.4, 0.5) is 0 Å². The highest BCUT2D eigenvalue weighted by molar-refractivity contribution is 6.30. The van der Waals surface area contributed by atoms with Gasteiger partial charge in [0, 0.05) is 17.1 Å². The molecule has 1 saturated carbocycles. The highest BCUT2D eigenvalue weighted by Crippen LogP contribution is 2.28. The summed E-state index contributed by atoms with van der Waals surface area (Å²) in [5.74, 6) is -1.43. The largest absolute Gasteiger partial charge is 0.456 e. The zero-order chi connectivity index (χ0) is 19.0. The van der Waals surface area contributed by atoms with E-state index in [2.05, 4.69) is 16.7 Å². The van der Waals surface area contributed by atoms with Gasteiger partial charge in [-0.1, -0.05) is 11.6 Å². The Morgan fingerprint density at radius 1 is 1.19 bits per heavy atom. The van der Waals surface area contributed by atoms with Crippen LogP contribution in [0, 0.1) is 11.3 Å². The van der Waals surface area contributed by atoms with Crippen LogP contribution < -0.4 is 10.6 Å². The number of hydrogen-bond donors (Lipinski definition) is 2. The fourth-order valence-electron chi connectivity index (χ4n) is 2.75. The van der Waals surface area contributed by atoms with Gasteiger partial charge >= 0.3 is 5.97 Å². The molecule has 2 N–H and O–H groups in total. The molecule has 0 bridgehead atoms. The third-order valence-corrected chi connectivity index (χ3v) is 4.39. The molecule has 0 aromatic heterocycles. The molecular formula is C18H20ClN3O4. The molecule has 7 nitrogen and oxygen atoms in total. The van der Waals surface area contributed by atoms with Gasteiger partial charge in [-0.2, -0.15) is 5.26 Å². The minimum absolute atomic E-state index is 0.0595. The second-order valence-electron chi connectivity index (χ2n) is 6.12. The highest BCUT2D eigenvalue weighted by atomic mass is 35.5. The van der Waals surface area contributed by atoms with Gasteiger partial charge in [0.1, 0.15) is 5.54 Å². The summed E-state index contributed by atoms with van der Waals surface area (Å²) >= 11 is 5.75. The fraction of sp³-hybridized carbons (Fsp3) is 0.444. The third kappa shape index (κ3) is 5.74. The van der Waals surface area contributed by atoms with E-state index < -0.39 is 24.0 Å². The number of hydrogen-bond acceptors (Lipinski definition) is 5. The Morgan fingerprint density at radius 3 is 2.46 bits per heavy atom. The van der Waals surface area contributed by atoms with Crippen LogP contribution in [0.5, 0.6) is 0 Å². The molecule has 0 radical (unpaired) electrons. The van der Waals surface area contributed by atoms with Crippen LogP contribution in [0.3, 0.4) is 0 Å². The van der Waals surface area contributed by atoms with Crippen molar-refractivity contribution in [2.75, 3.05) is 13.2 Å². The molecule has 1 aliphatic carbocycles. The van der Waals surface area contributed by atoms with Gasteiger partial charge in [0.15, 0.2) is 6.61 Å². The summed E-state index contributed by atoms with van der Waals surface area (Å²) in [5.41, 5.74) is -0.406. The predicted octanol–water partition coefficient (Wildman–Crippen LogP) is 1.96. The van der Waals surface area contributed by atoms with Gasteiger partial charge in [-0.15, -0.1) is 0 Å². The Hall–Kier alpha value is -2.59. The first-order valence-corrected chi connectivity index (χ1v) is 8.73. The second-order valence-corrected chi connectivity index (χ2v) is 6.56. The number of nitrogens with one attached hydrogen (secondary N) is 2. The number of amides is 2. The van der Waals surface area contributed by atoms with E-state index in [9.17, 15) is 19.6 Å². The Bertz CT molecular complexity index is 706. The number of nitrogens with zero attached hydrogens (tertiary/aromatic N) is 1. The first kappa shape index (κ1) is 19.7. The standard InChI is InChI=1S/C18H20ClN3O4/c19-14-5-3-13(4-6-14)17(25)21-10-7-16(24)26-11-15(23)22-18(12-20)8-1-2-9-18/h3-6H,1-2,7-11H2,(H,21,25)(H,22,23). The number of halogens is 1. The monoisotopic (exact) mass is 377 g/mol. The first-order valence-electron chi connectivity index (χ1n) is 8.36. The minimum Gasteiger partial charge on any atom is -0.456 e. The summed E-state index contributed by atoms with van der Waals surface area (Å²) < 4.78 is 4.88. The number of ether oxygens (including phenoxy) is 1. The average Bonchev–Trinajstić information content (AvgIpc) is 3.09. The Labute approximate surface area is 156 Å². The maximum absolute atomic E-state index is 11.9. The van der Waals surface area contributed by atoms with E-state index >= 15 is 0 Å². The van der Waals surface area contributed by atoms with Crippen molar-refractivity contribution in [1.82, 2.24) is 10.6 Å². The van der Waals surface area contributed by atoms with Gasteiger partial charge < -0.3 is 15.4 Å². The van der Waals surface area contributed by atoms with E-state index in [-0.39, 0.29) is 18.9 Å². The molecule has 0 saturated heterocycles. The molecule has 0 heterocycles. The third-order valence-electron chi connectivity index (χ3n) is 4.14. The number of rotatable bonds is 7. The van der Waals surface area contributed by atoms with Crippen LogP contribution in [0.2, 0.25) is 5.02 Å². The SMILES string of the molecule is N#CC1(NC(=O)COC(=O)CCNC(=O)c2ccc(Cl)cc2)CCCC1. The first-order chi connectivity index (χ1) is 12.4. The minimum atomic E-state index is -0.837. The summed E-state index contributed by atoms with van der Waals surface area (Å²) in [6.45, 7) is -0.350. The summed E-state index contributed by atoms with van der Waals surface area (Å²) in [6.07, 6.45) is 2.94. The molecule has 26 heavy (non-hydrogen) atoms. The van der Waals surface area contributed by atoms with E-state index in [0.29, 0.717) is 23.4 Å². The number of carbonyl (C=O) groups is 3. The molecule has 2 rings (SSSR count). The van der Waals surface area contributed by atoms with Gasteiger partial charge in [0.25, 0.3) is 11.8 Å². The maximum Gasteiger partial charge on any atom is 0.308 e. The molecule has 0 aliphatic heterocycles. The van der Waals surface area contributed by atoms with E-state index in [0.717, 1.165) is 12.8 Å². The molecule has 2 amide bonds. The van der Waals surface area contributed by atoms with Crippen LogP contribution in [0.25, 0.3) is 0 Å². The molecule has 0 spiro atoms. The molecule has 1 aromatic rings. The van der Waals surface area contributed by atoms with Crippen molar-refractivity contribution in [1.29, 1.82) is 5.26 Å². The lowest BCUT2D eigenvalue weighted by atomic mass is 10.00. The van der Waals surface area contributed by atoms with E-state index in [1.54, 1.807) is 24.3 Å². The lowest BCUT2D eigenvalue weighted by Crippen LogP contribution is -2.46. The molecule has 0 unspecified atom stereocenters. The van der Waals surface area contributed by atoms with Crippen molar-refractivity contribution in [2.45, 2.75) is 37.6 Å². The molecular weight excluding hydrogens is 358 g/mol. The van der Waals surface area contributed by atoms with Gasteiger partial charge in [-0.05, 0) is 49.9 Å². The normalized spacial score (nSPS) is 14.9. The Kier molecular flexibility index (Phi) is 6.98. The number of carbonyl (C=O) groups excluding carboxylic acids is 3. The predicted molar refractivity (Wildman–Crippen MR) is 94.3 cm³/mol. The molecule has 1 aromatic carbocycles. The van der Waals surface area contributed by atoms with Crippen LogP contribution in [0.1, 0.15) is 42.5 Å². The van der Waals surface area contributed by atoms with Crippen molar-refractivity contribution < 1.29 is 19.1 Å². The zero-order valence-electron chi connectivity index (χ0n) is 14.2. The van der Waals surface area contributed by atoms with E-state index in [1.807, 2.05) is 0 Å². The maximum atomic E-state index is 11.9. The van der Waals surface area contributed by atoms with Crippen LogP contribution in [0.15, 0.2) is 24.3 Å². The molecule has 1 aliphatic rings. The second kappa shape index (κ2) is 9.20. The van der Waals surface area contributed by atoms with Crippen molar-refractivity contribution in [2.24, 2.45) is 0 Å². The number of nitriles is 1. The number of esters is 1. The summed E-state index contributed by atoms with van der Waals surface area (Å²) in [7, 11) is 0. The lowest BCUT2D eigenvalue weighted by Gasteiger charge is -2.21. The summed E-state index contributed by atoms with van der Waals surface area (Å²) in [4.78, 5) is 35.4. The average molecular weight is 378 g/mol. The van der Waals surface area contributed by atoms with Crippen LogP contribution in [-0.4, -0.2) is 36.5 Å². The van der Waals surface area contributed by atoms with Gasteiger partial charge in [-0.3, -0.25) is 14.4 Å². The Morgan fingerprint density at radius 2 is 1.85 bits per heavy atom. The zero-order valence-corrected chi connectivity index (χ0v) is 15.0. The van der Waals surface area contributed by atoms with Crippen LogP contribution >= 0.6 is 11.6 Å². The number of benzene rings is 1. The molecule has 1 fully saturated rings. The summed E-state index contributed by atoms with van der Waals surface area (Å²) in [6, 6.07) is 8.49. The fourth-order valence-corrected chi connectivity index (χ4v) is 2.87. The lowest BCUT2D eigenvalue weighted by molar-refractivity contribution is -0.148.